The topological polar surface area (TPSA) is 169 Å². The molecule has 1 aliphatic heterocycles. The molecule has 0 spiro atoms. The second-order valence-electron chi connectivity index (χ2n) is 9.08. The van der Waals surface area contributed by atoms with Crippen LogP contribution in [-0.2, 0) is 9.59 Å². The van der Waals surface area contributed by atoms with Crippen LogP contribution in [0.1, 0.15) is 24.2 Å². The molecule has 42 heavy (non-hydrogen) atoms. The van der Waals surface area contributed by atoms with Crippen LogP contribution in [0.4, 0.5) is 17.1 Å². The molecule has 0 bridgehead atoms. The number of nitro benzene ring substituents is 1. The van der Waals surface area contributed by atoms with E-state index in [1.165, 1.54) is 38.7 Å². The van der Waals surface area contributed by atoms with Gasteiger partial charge in [0, 0.05) is 29.6 Å². The SMILES string of the molecule is COc1ccc(OC)c(NC(=O)C2=C(C)NC(SCC(=O)Nc3ccc([N+](=O)[O-])cc3C)=C(C#N)[C@H]2c2ccco2)c1. The number of methoxy groups -OCH3 is 2. The van der Waals surface area contributed by atoms with E-state index in [0.717, 1.165) is 11.8 Å². The molecule has 1 aromatic heterocycles. The summed E-state index contributed by atoms with van der Waals surface area (Å²) in [7, 11) is 2.99. The molecule has 2 heterocycles. The molecule has 12 nitrogen and oxygen atoms in total. The van der Waals surface area contributed by atoms with Gasteiger partial charge in [-0.15, -0.1) is 0 Å². The third kappa shape index (κ3) is 6.39. The van der Waals surface area contributed by atoms with Gasteiger partial charge in [0.05, 0.1) is 65.0 Å². The number of carbonyl (C=O) groups excluding carboxylic acids is 2. The first-order valence-electron chi connectivity index (χ1n) is 12.5. The highest BCUT2D eigenvalue weighted by molar-refractivity contribution is 8.03. The number of aryl methyl sites for hydroxylation is 1. The molecule has 3 aromatic rings. The van der Waals surface area contributed by atoms with Crippen LogP contribution >= 0.6 is 11.8 Å². The lowest BCUT2D eigenvalue weighted by Crippen LogP contribution is -2.31. The Bertz CT molecular complexity index is 1640. The fourth-order valence-electron chi connectivity index (χ4n) is 4.39. The summed E-state index contributed by atoms with van der Waals surface area (Å²) in [5.41, 5.74) is 2.18. The average Bonchev–Trinajstić information content (AvgIpc) is 3.51. The maximum atomic E-state index is 13.7. The van der Waals surface area contributed by atoms with Crippen LogP contribution in [0.5, 0.6) is 11.5 Å². The predicted molar refractivity (Wildman–Crippen MR) is 157 cm³/mol. The van der Waals surface area contributed by atoms with Crippen LogP contribution in [0.25, 0.3) is 0 Å². The number of amides is 2. The molecule has 3 N–H and O–H groups in total. The average molecular weight is 590 g/mol. The van der Waals surface area contributed by atoms with E-state index >= 15 is 0 Å². The summed E-state index contributed by atoms with van der Waals surface area (Å²) in [5.74, 6) is -0.499. The maximum Gasteiger partial charge on any atom is 0.269 e. The van der Waals surface area contributed by atoms with Crippen molar-refractivity contribution in [2.24, 2.45) is 0 Å². The van der Waals surface area contributed by atoms with E-state index in [9.17, 15) is 25.0 Å². The van der Waals surface area contributed by atoms with E-state index in [2.05, 4.69) is 22.0 Å². The number of nitriles is 1. The third-order valence-corrected chi connectivity index (χ3v) is 7.43. The van der Waals surface area contributed by atoms with Crippen molar-refractivity contribution in [1.82, 2.24) is 5.32 Å². The molecule has 0 saturated carbocycles. The Morgan fingerprint density at radius 3 is 2.52 bits per heavy atom. The van der Waals surface area contributed by atoms with Crippen molar-refractivity contribution in [3.63, 3.8) is 0 Å². The molecule has 0 radical (unpaired) electrons. The number of rotatable bonds is 10. The van der Waals surface area contributed by atoms with Gasteiger partial charge >= 0.3 is 0 Å². The van der Waals surface area contributed by atoms with E-state index in [1.807, 2.05) is 0 Å². The van der Waals surface area contributed by atoms with Gasteiger partial charge in [-0.1, -0.05) is 11.8 Å². The number of hydrogen-bond donors (Lipinski definition) is 3. The standard InChI is InChI=1S/C29H27N5O7S/c1-16-12-18(34(37)38)7-9-21(16)32-25(35)15-42-29-20(14-30)27(24-6-5-11-41-24)26(17(2)31-29)28(36)33-22-13-19(39-3)8-10-23(22)40-4/h5-13,27,31H,15H2,1-4H3,(H,32,35)(H,33,36)/t27-/m0/s1. The highest BCUT2D eigenvalue weighted by Crippen LogP contribution is 2.41. The van der Waals surface area contributed by atoms with Crippen molar-refractivity contribution >= 4 is 40.6 Å². The van der Waals surface area contributed by atoms with Crippen LogP contribution in [0.2, 0.25) is 0 Å². The molecular formula is C29H27N5O7S. The predicted octanol–water partition coefficient (Wildman–Crippen LogP) is 5.22. The van der Waals surface area contributed by atoms with Gasteiger partial charge in [0.2, 0.25) is 5.91 Å². The number of dihydropyridines is 1. The zero-order chi connectivity index (χ0) is 30.4. The highest BCUT2D eigenvalue weighted by Gasteiger charge is 2.37. The number of carbonyl (C=O) groups is 2. The van der Waals surface area contributed by atoms with Crippen LogP contribution in [-0.4, -0.2) is 36.7 Å². The number of allylic oxidation sites excluding steroid dienone is 2. The van der Waals surface area contributed by atoms with Crippen molar-refractivity contribution in [2.75, 3.05) is 30.6 Å². The van der Waals surface area contributed by atoms with E-state index in [0.29, 0.717) is 44.9 Å². The molecule has 1 atom stereocenters. The van der Waals surface area contributed by atoms with Gasteiger partial charge < -0.3 is 29.8 Å². The Kier molecular flexibility index (Phi) is 9.18. The first-order chi connectivity index (χ1) is 20.2. The lowest BCUT2D eigenvalue weighted by Gasteiger charge is -2.28. The molecular weight excluding hydrogens is 562 g/mol. The van der Waals surface area contributed by atoms with Gasteiger partial charge in [0.1, 0.15) is 17.3 Å². The van der Waals surface area contributed by atoms with Gasteiger partial charge in [-0.25, -0.2) is 0 Å². The number of anilines is 2. The van der Waals surface area contributed by atoms with Gasteiger partial charge in [-0.2, -0.15) is 5.26 Å². The zero-order valence-corrected chi connectivity index (χ0v) is 24.0. The van der Waals surface area contributed by atoms with Gasteiger partial charge in [0.15, 0.2) is 0 Å². The van der Waals surface area contributed by atoms with Crippen molar-refractivity contribution in [3.05, 3.63) is 98.1 Å². The minimum Gasteiger partial charge on any atom is -0.497 e. The lowest BCUT2D eigenvalue weighted by molar-refractivity contribution is -0.384. The number of hydrogen-bond acceptors (Lipinski definition) is 10. The second kappa shape index (κ2) is 13.0. The van der Waals surface area contributed by atoms with Crippen LogP contribution in [0.15, 0.2) is 81.1 Å². The van der Waals surface area contributed by atoms with Crippen molar-refractivity contribution < 1.29 is 28.4 Å². The summed E-state index contributed by atoms with van der Waals surface area (Å²) >= 11 is 1.09. The highest BCUT2D eigenvalue weighted by atomic mass is 32.2. The molecule has 0 fully saturated rings. The molecule has 0 saturated heterocycles. The largest absolute Gasteiger partial charge is 0.497 e. The van der Waals surface area contributed by atoms with E-state index in [-0.39, 0.29) is 28.5 Å². The second-order valence-corrected chi connectivity index (χ2v) is 10.1. The number of furan rings is 1. The Labute approximate surface area is 245 Å². The molecule has 0 unspecified atom stereocenters. The number of benzene rings is 2. The van der Waals surface area contributed by atoms with Gasteiger partial charge in [-0.05, 0) is 49.7 Å². The fourth-order valence-corrected chi connectivity index (χ4v) is 5.29. The first kappa shape index (κ1) is 29.8. The van der Waals surface area contributed by atoms with Crippen molar-refractivity contribution in [1.29, 1.82) is 5.26 Å². The number of non-ortho nitro benzene ring substituents is 1. The minimum absolute atomic E-state index is 0.0778. The van der Waals surface area contributed by atoms with E-state index < -0.39 is 16.7 Å². The van der Waals surface area contributed by atoms with Gasteiger partial charge in [-0.3, -0.25) is 19.7 Å². The van der Waals surface area contributed by atoms with Crippen LogP contribution in [0.3, 0.4) is 0 Å². The summed E-state index contributed by atoms with van der Waals surface area (Å²) < 4.78 is 16.3. The Hall–Kier alpha value is -5.22. The molecule has 4 rings (SSSR count). The fraction of sp³-hybridized carbons (Fsp3) is 0.207. The number of nitrogens with zero attached hydrogens (tertiary/aromatic N) is 2. The Balaban J connectivity index is 1.59. The van der Waals surface area contributed by atoms with Crippen molar-refractivity contribution in [2.45, 2.75) is 19.8 Å². The zero-order valence-electron chi connectivity index (χ0n) is 23.1. The molecule has 2 amide bonds. The van der Waals surface area contributed by atoms with E-state index in [1.54, 1.807) is 44.2 Å². The number of nitro groups is 1. The van der Waals surface area contributed by atoms with Crippen LogP contribution < -0.4 is 25.4 Å². The Morgan fingerprint density at radius 2 is 1.90 bits per heavy atom. The molecule has 13 heteroatoms. The summed E-state index contributed by atoms with van der Waals surface area (Å²) in [4.78, 5) is 37.0. The summed E-state index contributed by atoms with van der Waals surface area (Å²) in [5, 5.41) is 30.3. The summed E-state index contributed by atoms with van der Waals surface area (Å²) in [6.07, 6.45) is 1.45. The first-order valence-corrected chi connectivity index (χ1v) is 13.5. The lowest BCUT2D eigenvalue weighted by atomic mass is 9.85. The smallest absolute Gasteiger partial charge is 0.269 e. The summed E-state index contributed by atoms with van der Waals surface area (Å²) in [6.45, 7) is 3.35. The summed E-state index contributed by atoms with van der Waals surface area (Å²) in [6, 6.07) is 14.7. The maximum absolute atomic E-state index is 13.7. The third-order valence-electron chi connectivity index (χ3n) is 6.42. The Morgan fingerprint density at radius 1 is 1.12 bits per heavy atom. The molecule has 216 valence electrons. The van der Waals surface area contributed by atoms with Crippen LogP contribution in [0, 0.1) is 28.4 Å². The number of ether oxygens (including phenoxy) is 2. The number of thioether (sulfide) groups is 1. The van der Waals surface area contributed by atoms with Crippen molar-refractivity contribution in [3.8, 4) is 17.6 Å². The molecule has 1 aliphatic rings. The number of nitrogens with one attached hydrogen (secondary N) is 3. The minimum atomic E-state index is -0.856. The quantitative estimate of drug-likeness (QED) is 0.210. The normalized spacial score (nSPS) is 14.5. The monoisotopic (exact) mass is 589 g/mol. The molecule has 2 aromatic carbocycles. The van der Waals surface area contributed by atoms with Gasteiger partial charge in [0.25, 0.3) is 11.6 Å². The van der Waals surface area contributed by atoms with E-state index in [4.69, 9.17) is 13.9 Å². The molecule has 0 aliphatic carbocycles.